The van der Waals surface area contributed by atoms with Crippen LogP contribution in [0.25, 0.3) is 10.5 Å². The number of thiazole rings is 1. The number of amides is 1. The second-order valence-corrected chi connectivity index (χ2v) is 12.3. The van der Waals surface area contributed by atoms with Crippen LogP contribution in [0.5, 0.6) is 0 Å². The van der Waals surface area contributed by atoms with E-state index in [-0.39, 0.29) is 73.0 Å². The normalized spacial score (nSPS) is 17.6. The summed E-state index contributed by atoms with van der Waals surface area (Å²) in [6, 6.07) is 4.28. The van der Waals surface area contributed by atoms with E-state index >= 15 is 0 Å². The van der Waals surface area contributed by atoms with Crippen LogP contribution in [-0.2, 0) is 20.9 Å². The predicted molar refractivity (Wildman–Crippen MR) is 150 cm³/mol. The number of thioether (sulfide) groups is 2. The molecule has 1 aromatic carbocycles. The van der Waals surface area contributed by atoms with Gasteiger partial charge in [-0.25, -0.2) is 0 Å². The molecule has 1 aromatic heterocycles. The van der Waals surface area contributed by atoms with Gasteiger partial charge in [0, 0.05) is 11.4 Å². The number of aromatic nitrogens is 1. The summed E-state index contributed by atoms with van der Waals surface area (Å²) in [5.41, 5.74) is 3.57. The van der Waals surface area contributed by atoms with Gasteiger partial charge >= 0.3 is 59.1 Å². The van der Waals surface area contributed by atoms with Crippen LogP contribution in [0.3, 0.4) is 0 Å². The van der Waals surface area contributed by atoms with Gasteiger partial charge in [-0.05, 0) is 62.1 Å². The van der Waals surface area contributed by atoms with Crippen molar-refractivity contribution in [3.05, 3.63) is 53.9 Å². The monoisotopic (exact) mass is 635 g/mol. The van der Waals surface area contributed by atoms with Gasteiger partial charge in [-0.2, -0.15) is 0 Å². The summed E-state index contributed by atoms with van der Waals surface area (Å²) in [5, 5.41) is 23.5. The van der Waals surface area contributed by atoms with Crippen LogP contribution in [0, 0.1) is 13.8 Å². The standard InChI is InChI=1S/C25H25N3O6S4.2Na/c1-5-14(9-17-26(6-2)15-7-12(3)13(4)8-16(15)36-17)20-22(33)27(10-18(29)30)24(37-20)21-23(34)28(11-19(31)32)25(35)38-21;;/h7-9H,5-6,10-11H2,1-4H3,(H,29,30)(H,31,32);;/q;2*+1/p-2/b17-9-,20-14+,24-21+;;. The minimum atomic E-state index is -1.50. The van der Waals surface area contributed by atoms with E-state index in [9.17, 15) is 29.4 Å². The Hall–Kier alpha value is -0.870. The van der Waals surface area contributed by atoms with Gasteiger partial charge in [-0.3, -0.25) is 19.1 Å². The number of aliphatic carboxylic acids is 2. The minimum Gasteiger partial charge on any atom is -0.548 e. The van der Waals surface area contributed by atoms with Gasteiger partial charge in [-0.15, -0.1) is 11.3 Å². The molecule has 0 radical (unpaired) electrons. The quantitative estimate of drug-likeness (QED) is 0.215. The van der Waals surface area contributed by atoms with Crippen molar-refractivity contribution in [2.75, 3.05) is 18.0 Å². The Labute approximate surface area is 293 Å². The van der Waals surface area contributed by atoms with Gasteiger partial charge in [0.25, 0.3) is 11.5 Å². The molecule has 1 fully saturated rings. The Kier molecular flexibility index (Phi) is 12.8. The van der Waals surface area contributed by atoms with E-state index in [1.165, 1.54) is 11.1 Å². The van der Waals surface area contributed by atoms with Crippen molar-refractivity contribution in [2.45, 2.75) is 45.6 Å². The number of anilines is 1. The number of allylic oxidation sites excluding steroid dienone is 1. The largest absolute Gasteiger partial charge is 1.00 e. The summed E-state index contributed by atoms with van der Waals surface area (Å²) in [4.78, 5) is 53.2. The number of hydrogen-bond acceptors (Lipinski definition) is 11. The SMILES string of the molecule is CCC(/C=C1\Sc2cc(C)c(C)cc2N1CC)=c1\s/c(=C2/SC(=S)N(CC(=O)[O-])C2=O)n(CC(=O)[O-])c1=O.[Na+].[Na+]. The number of carbonyl (C=O) groups excluding carboxylic acids is 3. The smallest absolute Gasteiger partial charge is 0.548 e. The molecule has 0 unspecified atom stereocenters. The second-order valence-electron chi connectivity index (χ2n) is 8.57. The summed E-state index contributed by atoms with van der Waals surface area (Å²) >= 11 is 8.56. The van der Waals surface area contributed by atoms with Gasteiger partial charge in [0.2, 0.25) is 0 Å². The number of fused-ring (bicyclic) bond motifs is 1. The molecule has 200 valence electrons. The predicted octanol–water partition coefficient (Wildman–Crippen LogP) is -5.96. The third-order valence-electron chi connectivity index (χ3n) is 6.13. The molecule has 0 aliphatic carbocycles. The molecular weight excluding hydrogens is 613 g/mol. The number of hydrogen-bond donors (Lipinski definition) is 0. The topological polar surface area (TPSA) is 126 Å². The molecule has 0 saturated carbocycles. The van der Waals surface area contributed by atoms with E-state index in [0.717, 1.165) is 48.2 Å². The maximum atomic E-state index is 13.5. The fourth-order valence-corrected chi connectivity index (χ4v) is 8.02. The Morgan fingerprint density at radius 3 is 2.17 bits per heavy atom. The first-order chi connectivity index (χ1) is 18.0. The first kappa shape index (κ1) is 35.3. The fraction of sp³-hybridized carbons (Fsp3) is 0.320. The zero-order valence-corrected chi connectivity index (χ0v) is 30.3. The second kappa shape index (κ2) is 14.5. The number of benzene rings is 1. The third kappa shape index (κ3) is 7.01. The van der Waals surface area contributed by atoms with Gasteiger partial charge < -0.3 is 24.7 Å². The summed E-state index contributed by atoms with van der Waals surface area (Å²) < 4.78 is 1.36. The van der Waals surface area contributed by atoms with Crippen molar-refractivity contribution in [1.82, 2.24) is 9.47 Å². The minimum absolute atomic E-state index is 0. The van der Waals surface area contributed by atoms with Crippen LogP contribution in [-0.4, -0.2) is 44.7 Å². The molecule has 1 amide bonds. The summed E-state index contributed by atoms with van der Waals surface area (Å²) in [6.45, 7) is 7.27. The number of nitrogens with zero attached hydrogens (tertiary/aromatic N) is 3. The Morgan fingerprint density at radius 2 is 1.60 bits per heavy atom. The Morgan fingerprint density at radius 1 is 0.975 bits per heavy atom. The summed E-state index contributed by atoms with van der Waals surface area (Å²) in [5.74, 6) is -3.70. The zero-order chi connectivity index (χ0) is 27.9. The summed E-state index contributed by atoms with van der Waals surface area (Å²) in [6.07, 6.45) is 2.41. The van der Waals surface area contributed by atoms with Crippen molar-refractivity contribution < 1.29 is 83.7 Å². The maximum absolute atomic E-state index is 13.5. The van der Waals surface area contributed by atoms with Gasteiger partial charge in [0.05, 0.1) is 40.3 Å². The van der Waals surface area contributed by atoms with Gasteiger partial charge in [-0.1, -0.05) is 42.7 Å². The molecule has 1 saturated heterocycles. The zero-order valence-electron chi connectivity index (χ0n) is 23.0. The Bertz CT molecular complexity index is 1610. The molecule has 0 bridgehead atoms. The number of aryl methyl sites for hydroxylation is 2. The van der Waals surface area contributed by atoms with Crippen molar-refractivity contribution >= 4 is 85.4 Å². The fourth-order valence-electron chi connectivity index (χ4n) is 4.11. The molecule has 40 heavy (non-hydrogen) atoms. The van der Waals surface area contributed by atoms with Gasteiger partial charge in [0.1, 0.15) is 13.9 Å². The van der Waals surface area contributed by atoms with E-state index in [1.54, 1.807) is 11.8 Å². The first-order valence-corrected chi connectivity index (χ1v) is 14.5. The number of rotatable bonds is 7. The van der Waals surface area contributed by atoms with Crippen LogP contribution in [0.2, 0.25) is 0 Å². The molecule has 3 heterocycles. The number of carboxylic acids is 2. The summed E-state index contributed by atoms with van der Waals surface area (Å²) in [7, 11) is 0. The number of carboxylic acid groups (broad SMARTS) is 2. The molecule has 0 N–H and O–H groups in total. The van der Waals surface area contributed by atoms with Gasteiger partial charge in [0.15, 0.2) is 0 Å². The molecule has 2 aromatic rings. The third-order valence-corrected chi connectivity index (χ3v) is 10.1. The molecule has 2 aliphatic rings. The van der Waals surface area contributed by atoms with Crippen molar-refractivity contribution in [3.8, 4) is 0 Å². The van der Waals surface area contributed by atoms with E-state index in [4.69, 9.17) is 12.2 Å². The molecule has 2 aliphatic heterocycles. The Balaban J connectivity index is 0.00000280. The number of thiocarbonyl (C=S) groups is 1. The van der Waals surface area contributed by atoms with E-state index in [2.05, 4.69) is 30.9 Å². The molecule has 0 spiro atoms. The van der Waals surface area contributed by atoms with Crippen LogP contribution < -0.4 is 89.0 Å². The number of carbonyl (C=O) groups is 3. The van der Waals surface area contributed by atoms with E-state index < -0.39 is 36.5 Å². The van der Waals surface area contributed by atoms with E-state index in [1.807, 2.05) is 19.9 Å². The van der Waals surface area contributed by atoms with Crippen LogP contribution in [0.1, 0.15) is 31.4 Å². The molecule has 9 nitrogen and oxygen atoms in total. The molecule has 0 atom stereocenters. The average molecular weight is 636 g/mol. The van der Waals surface area contributed by atoms with Crippen molar-refractivity contribution in [2.24, 2.45) is 0 Å². The molecule has 4 rings (SSSR count). The molecule has 15 heteroatoms. The van der Waals surface area contributed by atoms with Crippen LogP contribution in [0.15, 0.2) is 32.9 Å². The molecular formula is C25H23N3Na2O6S4. The van der Waals surface area contributed by atoms with Crippen LogP contribution in [0.4, 0.5) is 5.69 Å². The average Bonchev–Trinajstić information content (AvgIpc) is 3.44. The maximum Gasteiger partial charge on any atom is 1.00 e. The van der Waals surface area contributed by atoms with Crippen molar-refractivity contribution in [1.29, 1.82) is 0 Å². The first-order valence-electron chi connectivity index (χ1n) is 11.7. The van der Waals surface area contributed by atoms with Crippen molar-refractivity contribution in [3.63, 3.8) is 0 Å². The van der Waals surface area contributed by atoms with Crippen LogP contribution >= 0.6 is 47.1 Å². The van der Waals surface area contributed by atoms with E-state index in [0.29, 0.717) is 23.1 Å².